The van der Waals surface area contributed by atoms with Crippen LogP contribution in [0.3, 0.4) is 0 Å². The lowest BCUT2D eigenvalue weighted by Gasteiger charge is -1.95. The van der Waals surface area contributed by atoms with Gasteiger partial charge in [0.25, 0.3) is 0 Å². The van der Waals surface area contributed by atoms with E-state index in [1.54, 1.807) is 6.07 Å². The monoisotopic (exact) mass is 194 g/mol. The molecule has 2 aromatic heterocycles. The molecule has 0 spiro atoms. The number of nitrogens with one attached hydrogen (secondary N) is 1. The van der Waals surface area contributed by atoms with Crippen LogP contribution in [0.5, 0.6) is 0 Å². The Balaban J connectivity index is 2.68. The van der Waals surface area contributed by atoms with Crippen LogP contribution in [0.2, 0.25) is 0 Å². The van der Waals surface area contributed by atoms with Crippen LogP contribution in [0.4, 0.5) is 0 Å². The van der Waals surface area contributed by atoms with Gasteiger partial charge in [0.2, 0.25) is 0 Å². The molecule has 0 radical (unpaired) electrons. The molecule has 2 rings (SSSR count). The molecule has 2 aromatic rings. The zero-order valence-corrected chi connectivity index (χ0v) is 6.97. The van der Waals surface area contributed by atoms with Crippen LogP contribution in [-0.2, 0) is 11.3 Å². The second-order valence-electron chi connectivity index (χ2n) is 2.68. The van der Waals surface area contributed by atoms with Gasteiger partial charge in [0, 0.05) is 0 Å². The van der Waals surface area contributed by atoms with Crippen LogP contribution in [0.1, 0.15) is 0 Å². The standard InChI is InChI=1S/C7H6N4O3/c12-5(13)3-11-6-4(9-7(11)14)1-2-8-10-6/h1-2H,3H2,(H,9,14)(H,12,13). The Morgan fingerprint density at radius 2 is 2.43 bits per heavy atom. The van der Waals surface area contributed by atoms with Gasteiger partial charge >= 0.3 is 11.7 Å². The Labute approximate surface area is 77.0 Å². The average molecular weight is 194 g/mol. The van der Waals surface area contributed by atoms with Crippen molar-refractivity contribution in [2.75, 3.05) is 0 Å². The van der Waals surface area contributed by atoms with Crippen molar-refractivity contribution in [1.82, 2.24) is 19.7 Å². The smallest absolute Gasteiger partial charge is 0.328 e. The van der Waals surface area contributed by atoms with Crippen molar-refractivity contribution in [3.63, 3.8) is 0 Å². The number of rotatable bonds is 2. The minimum atomic E-state index is -1.10. The molecule has 0 aromatic carbocycles. The maximum Gasteiger partial charge on any atom is 0.328 e. The molecule has 7 nitrogen and oxygen atoms in total. The molecule has 2 N–H and O–H groups in total. The summed E-state index contributed by atoms with van der Waals surface area (Å²) in [5.41, 5.74) is 0.231. The summed E-state index contributed by atoms with van der Waals surface area (Å²) >= 11 is 0. The van der Waals surface area contributed by atoms with Gasteiger partial charge in [-0.3, -0.25) is 9.36 Å². The largest absolute Gasteiger partial charge is 0.480 e. The third-order valence-corrected chi connectivity index (χ3v) is 1.74. The molecule has 0 saturated carbocycles. The van der Waals surface area contributed by atoms with Crippen molar-refractivity contribution in [2.24, 2.45) is 0 Å². The second kappa shape index (κ2) is 2.95. The molecule has 0 atom stereocenters. The van der Waals surface area contributed by atoms with Crippen LogP contribution in [0, 0.1) is 0 Å². The SMILES string of the molecule is O=C(O)Cn1c(=O)[nH]c2ccnnc21. The topological polar surface area (TPSA) is 101 Å². The number of fused-ring (bicyclic) bond motifs is 1. The Kier molecular flexibility index (Phi) is 1.77. The van der Waals surface area contributed by atoms with Crippen molar-refractivity contribution < 1.29 is 9.90 Å². The van der Waals surface area contributed by atoms with Crippen molar-refractivity contribution in [2.45, 2.75) is 6.54 Å². The van der Waals surface area contributed by atoms with Gasteiger partial charge in [-0.05, 0) is 6.07 Å². The normalized spacial score (nSPS) is 10.6. The molecule has 72 valence electrons. The highest BCUT2D eigenvalue weighted by Crippen LogP contribution is 2.02. The van der Waals surface area contributed by atoms with Gasteiger partial charge in [0.05, 0.1) is 11.7 Å². The Morgan fingerprint density at radius 3 is 3.14 bits per heavy atom. The fraction of sp³-hybridized carbons (Fsp3) is 0.143. The summed E-state index contributed by atoms with van der Waals surface area (Å²) in [4.78, 5) is 24.2. The molecule has 0 amide bonds. The van der Waals surface area contributed by atoms with Crippen LogP contribution < -0.4 is 5.69 Å². The first-order chi connectivity index (χ1) is 6.68. The third-order valence-electron chi connectivity index (χ3n) is 1.74. The number of imidazole rings is 1. The molecular formula is C7H6N4O3. The molecule has 0 fully saturated rings. The number of aliphatic carboxylic acids is 1. The molecule has 7 heteroatoms. The lowest BCUT2D eigenvalue weighted by atomic mass is 10.5. The lowest BCUT2D eigenvalue weighted by Crippen LogP contribution is -2.21. The number of carboxylic acid groups (broad SMARTS) is 1. The number of hydrogen-bond donors (Lipinski definition) is 2. The first-order valence-corrected chi connectivity index (χ1v) is 3.80. The Hall–Kier alpha value is -2.18. The molecule has 0 bridgehead atoms. The molecule has 0 aliphatic rings. The molecule has 0 unspecified atom stereocenters. The van der Waals surface area contributed by atoms with Crippen molar-refractivity contribution >= 4 is 17.1 Å². The first-order valence-electron chi connectivity index (χ1n) is 3.80. The van der Waals surface area contributed by atoms with E-state index in [9.17, 15) is 9.59 Å². The predicted molar refractivity (Wildman–Crippen MR) is 45.8 cm³/mol. The molecule has 2 heterocycles. The molecule has 0 saturated heterocycles. The van der Waals surface area contributed by atoms with Crippen LogP contribution >= 0.6 is 0 Å². The van der Waals surface area contributed by atoms with Gasteiger partial charge in [-0.25, -0.2) is 4.79 Å². The number of aromatic nitrogens is 4. The molecule has 14 heavy (non-hydrogen) atoms. The third kappa shape index (κ3) is 1.24. The van der Waals surface area contributed by atoms with Gasteiger partial charge in [-0.1, -0.05) is 0 Å². The van der Waals surface area contributed by atoms with Gasteiger partial charge in [0.15, 0.2) is 5.65 Å². The Bertz CT molecular complexity index is 541. The number of carbonyl (C=O) groups is 1. The second-order valence-corrected chi connectivity index (χ2v) is 2.68. The maximum absolute atomic E-state index is 11.3. The van der Waals surface area contributed by atoms with Gasteiger partial charge in [-0.2, -0.15) is 5.10 Å². The summed E-state index contributed by atoms with van der Waals surface area (Å²) in [6.45, 7) is -0.419. The van der Waals surface area contributed by atoms with E-state index in [0.29, 0.717) is 5.52 Å². The fourth-order valence-corrected chi connectivity index (χ4v) is 1.18. The number of H-pyrrole nitrogens is 1. The van der Waals surface area contributed by atoms with E-state index in [1.807, 2.05) is 0 Å². The van der Waals surface area contributed by atoms with E-state index in [1.165, 1.54) is 6.20 Å². The summed E-state index contributed by atoms with van der Waals surface area (Å²) in [6, 6.07) is 1.56. The molecular weight excluding hydrogens is 188 g/mol. The van der Waals surface area contributed by atoms with Crippen molar-refractivity contribution in [1.29, 1.82) is 0 Å². The van der Waals surface area contributed by atoms with Crippen molar-refractivity contribution in [3.05, 3.63) is 22.7 Å². The molecule has 0 aliphatic heterocycles. The number of aromatic amines is 1. The van der Waals surface area contributed by atoms with Crippen molar-refractivity contribution in [3.8, 4) is 0 Å². The van der Waals surface area contributed by atoms with E-state index in [2.05, 4.69) is 15.2 Å². The summed E-state index contributed by atoms with van der Waals surface area (Å²) in [6.07, 6.45) is 1.42. The van der Waals surface area contributed by atoms with Crippen LogP contribution in [0.25, 0.3) is 11.2 Å². The van der Waals surface area contributed by atoms with Gasteiger partial charge in [0.1, 0.15) is 6.54 Å². The van der Waals surface area contributed by atoms with Gasteiger partial charge < -0.3 is 10.1 Å². The Morgan fingerprint density at radius 1 is 1.64 bits per heavy atom. The van der Waals surface area contributed by atoms with Crippen LogP contribution in [-0.4, -0.2) is 30.8 Å². The van der Waals surface area contributed by atoms with E-state index < -0.39 is 18.2 Å². The van der Waals surface area contributed by atoms with E-state index in [-0.39, 0.29) is 5.65 Å². The predicted octanol–water partition coefficient (Wildman–Crippen LogP) is -0.796. The summed E-state index contributed by atoms with van der Waals surface area (Å²) < 4.78 is 1.02. The highest BCUT2D eigenvalue weighted by molar-refractivity contribution is 5.73. The zero-order chi connectivity index (χ0) is 10.1. The van der Waals surface area contributed by atoms with Gasteiger partial charge in [-0.15, -0.1) is 5.10 Å². The van der Waals surface area contributed by atoms with E-state index in [0.717, 1.165) is 4.57 Å². The summed E-state index contributed by atoms with van der Waals surface area (Å²) in [5, 5.41) is 15.8. The quantitative estimate of drug-likeness (QED) is 0.652. The maximum atomic E-state index is 11.3. The fourth-order valence-electron chi connectivity index (χ4n) is 1.18. The average Bonchev–Trinajstić information content (AvgIpc) is 2.43. The number of nitrogens with zero attached hydrogens (tertiary/aromatic N) is 3. The molecule has 0 aliphatic carbocycles. The van der Waals surface area contributed by atoms with Crippen LogP contribution in [0.15, 0.2) is 17.1 Å². The summed E-state index contributed by atoms with van der Waals surface area (Å²) in [5.74, 6) is -1.10. The van der Waals surface area contributed by atoms with E-state index >= 15 is 0 Å². The zero-order valence-electron chi connectivity index (χ0n) is 6.97. The number of carboxylic acids is 1. The minimum Gasteiger partial charge on any atom is -0.480 e. The van der Waals surface area contributed by atoms with E-state index in [4.69, 9.17) is 5.11 Å². The lowest BCUT2D eigenvalue weighted by molar-refractivity contribution is -0.137. The summed E-state index contributed by atoms with van der Waals surface area (Å²) in [7, 11) is 0. The highest BCUT2D eigenvalue weighted by atomic mass is 16.4. The highest BCUT2D eigenvalue weighted by Gasteiger charge is 2.10. The first kappa shape index (κ1) is 8.42. The minimum absolute atomic E-state index is 0.250. The number of hydrogen-bond acceptors (Lipinski definition) is 4.